The second-order valence-corrected chi connectivity index (χ2v) is 4.84. The van der Waals surface area contributed by atoms with Gasteiger partial charge < -0.3 is 5.32 Å². The fourth-order valence-corrected chi connectivity index (χ4v) is 1.64. The summed E-state index contributed by atoms with van der Waals surface area (Å²) in [5.74, 6) is 0.593. The van der Waals surface area contributed by atoms with Gasteiger partial charge >= 0.3 is 0 Å². The minimum atomic E-state index is 0.593. The molecule has 0 bridgehead atoms. The van der Waals surface area contributed by atoms with Crippen LogP contribution in [0.3, 0.4) is 0 Å². The van der Waals surface area contributed by atoms with E-state index >= 15 is 0 Å². The van der Waals surface area contributed by atoms with E-state index in [0.29, 0.717) is 5.92 Å². The van der Waals surface area contributed by atoms with Crippen molar-refractivity contribution >= 4 is 11.4 Å². The van der Waals surface area contributed by atoms with Gasteiger partial charge in [0.05, 0.1) is 5.71 Å². The SMILES string of the molecule is C=C(CC(C)C)N/N=C(\C)c1ccc(NC)cc1. The summed E-state index contributed by atoms with van der Waals surface area (Å²) in [6.45, 7) is 10.3. The Morgan fingerprint density at radius 2 is 1.89 bits per heavy atom. The molecule has 1 aromatic carbocycles. The highest BCUT2D eigenvalue weighted by atomic mass is 15.3. The molecule has 0 radical (unpaired) electrons. The number of hydrogen-bond acceptors (Lipinski definition) is 3. The molecule has 0 aromatic heterocycles. The molecule has 0 fully saturated rings. The zero-order valence-electron chi connectivity index (χ0n) is 11.7. The average molecular weight is 245 g/mol. The molecule has 1 rings (SSSR count). The Balaban J connectivity index is 2.62. The van der Waals surface area contributed by atoms with Crippen LogP contribution in [0.15, 0.2) is 41.6 Å². The Morgan fingerprint density at radius 1 is 1.28 bits per heavy atom. The lowest BCUT2D eigenvalue weighted by molar-refractivity contribution is 0.611. The van der Waals surface area contributed by atoms with Gasteiger partial charge in [-0.05, 0) is 37.0 Å². The van der Waals surface area contributed by atoms with E-state index in [2.05, 4.69) is 48.4 Å². The third kappa shape index (κ3) is 4.62. The fourth-order valence-electron chi connectivity index (χ4n) is 1.64. The van der Waals surface area contributed by atoms with Gasteiger partial charge in [-0.1, -0.05) is 32.6 Å². The molecule has 0 spiro atoms. The van der Waals surface area contributed by atoms with Crippen LogP contribution in [0.25, 0.3) is 0 Å². The second-order valence-electron chi connectivity index (χ2n) is 4.84. The van der Waals surface area contributed by atoms with Crippen molar-refractivity contribution in [2.75, 3.05) is 12.4 Å². The molecule has 3 nitrogen and oxygen atoms in total. The minimum absolute atomic E-state index is 0.593. The summed E-state index contributed by atoms with van der Waals surface area (Å²) < 4.78 is 0. The number of hydrogen-bond donors (Lipinski definition) is 2. The van der Waals surface area contributed by atoms with Gasteiger partial charge in [-0.2, -0.15) is 5.10 Å². The van der Waals surface area contributed by atoms with Gasteiger partial charge in [0, 0.05) is 18.4 Å². The van der Waals surface area contributed by atoms with E-state index in [1.807, 2.05) is 26.1 Å². The molecule has 98 valence electrons. The van der Waals surface area contributed by atoms with E-state index in [1.54, 1.807) is 0 Å². The van der Waals surface area contributed by atoms with Crippen molar-refractivity contribution in [1.82, 2.24) is 5.43 Å². The molecular weight excluding hydrogens is 222 g/mol. The number of allylic oxidation sites excluding steroid dienone is 1. The number of anilines is 1. The quantitative estimate of drug-likeness (QED) is 0.593. The summed E-state index contributed by atoms with van der Waals surface area (Å²) in [7, 11) is 1.91. The first-order valence-corrected chi connectivity index (χ1v) is 6.29. The third-order valence-electron chi connectivity index (χ3n) is 2.63. The molecule has 0 aliphatic heterocycles. The lowest BCUT2D eigenvalue weighted by atomic mass is 10.1. The van der Waals surface area contributed by atoms with E-state index in [4.69, 9.17) is 0 Å². The van der Waals surface area contributed by atoms with Crippen LogP contribution in [0.1, 0.15) is 32.8 Å². The Kier molecular flexibility index (Phi) is 5.43. The summed E-state index contributed by atoms with van der Waals surface area (Å²) >= 11 is 0. The molecular formula is C15H23N3. The molecule has 0 aliphatic carbocycles. The fraction of sp³-hybridized carbons (Fsp3) is 0.400. The van der Waals surface area contributed by atoms with Crippen LogP contribution in [-0.2, 0) is 0 Å². The number of hydrazone groups is 1. The number of nitrogens with zero attached hydrogens (tertiary/aromatic N) is 1. The summed E-state index contributed by atoms with van der Waals surface area (Å²) in [5.41, 5.74) is 7.14. The first kappa shape index (κ1) is 14.3. The molecule has 1 aromatic rings. The highest BCUT2D eigenvalue weighted by Gasteiger charge is 1.99. The Labute approximate surface area is 110 Å². The topological polar surface area (TPSA) is 36.4 Å². The van der Waals surface area contributed by atoms with Crippen LogP contribution in [0, 0.1) is 5.92 Å². The van der Waals surface area contributed by atoms with Crippen LogP contribution in [-0.4, -0.2) is 12.8 Å². The van der Waals surface area contributed by atoms with E-state index in [1.165, 1.54) is 0 Å². The molecule has 0 amide bonds. The van der Waals surface area contributed by atoms with Gasteiger partial charge in [0.25, 0.3) is 0 Å². The lowest BCUT2D eigenvalue weighted by Crippen LogP contribution is -2.10. The number of rotatable bonds is 6. The van der Waals surface area contributed by atoms with Crippen LogP contribution in [0.5, 0.6) is 0 Å². The molecule has 2 N–H and O–H groups in total. The second kappa shape index (κ2) is 6.84. The molecule has 0 heterocycles. The van der Waals surface area contributed by atoms with Gasteiger partial charge in [0.2, 0.25) is 0 Å². The summed E-state index contributed by atoms with van der Waals surface area (Å²) in [6.07, 6.45) is 0.940. The maximum absolute atomic E-state index is 4.35. The smallest absolute Gasteiger partial charge is 0.0648 e. The van der Waals surface area contributed by atoms with Gasteiger partial charge in [-0.15, -0.1) is 0 Å². The maximum atomic E-state index is 4.35. The zero-order valence-corrected chi connectivity index (χ0v) is 11.7. The minimum Gasteiger partial charge on any atom is -0.388 e. The molecule has 0 saturated heterocycles. The Morgan fingerprint density at radius 3 is 2.39 bits per heavy atom. The van der Waals surface area contributed by atoms with Crippen molar-refractivity contribution in [3.63, 3.8) is 0 Å². The van der Waals surface area contributed by atoms with Gasteiger partial charge in [-0.25, -0.2) is 0 Å². The van der Waals surface area contributed by atoms with Crippen LogP contribution >= 0.6 is 0 Å². The Bertz CT molecular complexity index is 416. The Hall–Kier alpha value is -1.77. The van der Waals surface area contributed by atoms with Crippen molar-refractivity contribution in [3.8, 4) is 0 Å². The van der Waals surface area contributed by atoms with E-state index in [-0.39, 0.29) is 0 Å². The molecule has 0 atom stereocenters. The predicted molar refractivity (Wildman–Crippen MR) is 79.9 cm³/mol. The van der Waals surface area contributed by atoms with Crippen molar-refractivity contribution in [1.29, 1.82) is 0 Å². The van der Waals surface area contributed by atoms with Crippen LogP contribution < -0.4 is 10.7 Å². The third-order valence-corrected chi connectivity index (χ3v) is 2.63. The zero-order chi connectivity index (χ0) is 13.5. The van der Waals surface area contributed by atoms with Gasteiger partial charge in [-0.3, -0.25) is 5.43 Å². The molecule has 3 heteroatoms. The van der Waals surface area contributed by atoms with Gasteiger partial charge in [0.1, 0.15) is 0 Å². The predicted octanol–water partition coefficient (Wildman–Crippen LogP) is 3.60. The van der Waals surface area contributed by atoms with Crippen molar-refractivity contribution in [2.45, 2.75) is 27.2 Å². The monoisotopic (exact) mass is 245 g/mol. The van der Waals surface area contributed by atoms with Crippen molar-refractivity contribution < 1.29 is 0 Å². The van der Waals surface area contributed by atoms with Gasteiger partial charge in [0.15, 0.2) is 0 Å². The molecule has 0 aliphatic rings. The van der Waals surface area contributed by atoms with Crippen molar-refractivity contribution in [2.24, 2.45) is 11.0 Å². The highest BCUT2D eigenvalue weighted by molar-refractivity contribution is 5.98. The largest absolute Gasteiger partial charge is 0.388 e. The molecule has 0 saturated carbocycles. The van der Waals surface area contributed by atoms with E-state index in [9.17, 15) is 0 Å². The highest BCUT2D eigenvalue weighted by Crippen LogP contribution is 2.10. The normalized spacial score (nSPS) is 11.5. The number of benzene rings is 1. The summed E-state index contributed by atoms with van der Waals surface area (Å²) in [6, 6.07) is 8.18. The summed E-state index contributed by atoms with van der Waals surface area (Å²) in [5, 5.41) is 7.44. The maximum Gasteiger partial charge on any atom is 0.0648 e. The first-order chi connectivity index (χ1) is 8.52. The molecule has 0 unspecified atom stereocenters. The van der Waals surface area contributed by atoms with E-state index in [0.717, 1.165) is 29.1 Å². The lowest BCUT2D eigenvalue weighted by Gasteiger charge is -2.09. The van der Waals surface area contributed by atoms with Crippen LogP contribution in [0.2, 0.25) is 0 Å². The van der Waals surface area contributed by atoms with E-state index < -0.39 is 0 Å². The van der Waals surface area contributed by atoms with Crippen LogP contribution in [0.4, 0.5) is 5.69 Å². The first-order valence-electron chi connectivity index (χ1n) is 6.29. The average Bonchev–Trinajstić information content (AvgIpc) is 2.35. The number of nitrogens with one attached hydrogen (secondary N) is 2. The molecule has 18 heavy (non-hydrogen) atoms. The van der Waals surface area contributed by atoms with Crippen molar-refractivity contribution in [3.05, 3.63) is 42.1 Å². The standard InChI is InChI=1S/C15H23N3/c1-11(2)10-12(3)17-18-13(4)14-6-8-15(16-5)9-7-14/h6-9,11,16-17H,3,10H2,1-2,4-5H3/b18-13+. The summed E-state index contributed by atoms with van der Waals surface area (Å²) in [4.78, 5) is 0.